The van der Waals surface area contributed by atoms with Gasteiger partial charge in [0.2, 0.25) is 11.8 Å². The van der Waals surface area contributed by atoms with E-state index in [2.05, 4.69) is 10.2 Å². The fourth-order valence-electron chi connectivity index (χ4n) is 1.52. The molecule has 0 fully saturated rings. The highest BCUT2D eigenvalue weighted by Gasteiger charge is 2.09. The predicted octanol–water partition coefficient (Wildman–Crippen LogP) is 2.60. The van der Waals surface area contributed by atoms with Crippen LogP contribution in [0.5, 0.6) is 0 Å². The highest BCUT2D eigenvalue weighted by atomic mass is 32.2. The molecule has 0 spiro atoms. The predicted molar refractivity (Wildman–Crippen MR) is 71.2 cm³/mol. The number of aliphatic hydroxyl groups excluding tert-OH is 1. The van der Waals surface area contributed by atoms with E-state index in [1.54, 1.807) is 11.8 Å². The zero-order valence-electron chi connectivity index (χ0n) is 10.2. The van der Waals surface area contributed by atoms with Crippen molar-refractivity contribution in [2.75, 3.05) is 5.75 Å². The van der Waals surface area contributed by atoms with E-state index >= 15 is 0 Å². The van der Waals surface area contributed by atoms with Gasteiger partial charge in [-0.15, -0.1) is 22.0 Å². The molecule has 0 saturated heterocycles. The molecule has 0 radical (unpaired) electrons. The van der Waals surface area contributed by atoms with Gasteiger partial charge >= 0.3 is 0 Å². The Morgan fingerprint density at radius 3 is 2.61 bits per heavy atom. The SMILES string of the molecule is CCc1nnc(CSCC(O)c2ccccc2)o1. The lowest BCUT2D eigenvalue weighted by atomic mass is 10.1. The highest BCUT2D eigenvalue weighted by Crippen LogP contribution is 2.20. The standard InChI is InChI=1S/C13H16N2O2S/c1-2-12-14-15-13(17-12)9-18-8-11(16)10-6-4-3-5-7-10/h3-7,11,16H,2,8-9H2,1H3. The molecule has 1 aromatic carbocycles. The van der Waals surface area contributed by atoms with Crippen molar-refractivity contribution in [1.29, 1.82) is 0 Å². The smallest absolute Gasteiger partial charge is 0.226 e. The summed E-state index contributed by atoms with van der Waals surface area (Å²) in [6, 6.07) is 9.64. The molecule has 0 aliphatic heterocycles. The summed E-state index contributed by atoms with van der Waals surface area (Å²) < 4.78 is 5.40. The van der Waals surface area contributed by atoms with E-state index in [0.717, 1.165) is 12.0 Å². The van der Waals surface area contributed by atoms with Gasteiger partial charge in [0.15, 0.2) is 0 Å². The number of hydrogen-bond donors (Lipinski definition) is 1. The first-order valence-electron chi connectivity index (χ1n) is 5.91. The maximum Gasteiger partial charge on any atom is 0.226 e. The molecule has 1 N–H and O–H groups in total. The number of aryl methyl sites for hydroxylation is 1. The van der Waals surface area contributed by atoms with Crippen LogP contribution in [-0.4, -0.2) is 21.1 Å². The molecule has 1 aromatic heterocycles. The highest BCUT2D eigenvalue weighted by molar-refractivity contribution is 7.98. The number of benzene rings is 1. The fraction of sp³-hybridized carbons (Fsp3) is 0.385. The van der Waals surface area contributed by atoms with Crippen LogP contribution in [0.4, 0.5) is 0 Å². The minimum Gasteiger partial charge on any atom is -0.424 e. The van der Waals surface area contributed by atoms with E-state index in [4.69, 9.17) is 4.42 Å². The van der Waals surface area contributed by atoms with Crippen LogP contribution in [-0.2, 0) is 12.2 Å². The molecule has 0 amide bonds. The molecule has 1 heterocycles. The molecule has 2 rings (SSSR count). The lowest BCUT2D eigenvalue weighted by Crippen LogP contribution is -2.00. The zero-order chi connectivity index (χ0) is 12.8. The number of aliphatic hydroxyl groups is 1. The van der Waals surface area contributed by atoms with Crippen molar-refractivity contribution in [1.82, 2.24) is 10.2 Å². The topological polar surface area (TPSA) is 59.2 Å². The third-order valence-electron chi connectivity index (χ3n) is 2.50. The van der Waals surface area contributed by atoms with Crippen LogP contribution in [0, 0.1) is 0 Å². The second-order valence-corrected chi connectivity index (χ2v) is 4.91. The third kappa shape index (κ3) is 3.58. The molecule has 0 saturated carbocycles. The second-order valence-electron chi connectivity index (χ2n) is 3.88. The molecule has 5 heteroatoms. The van der Waals surface area contributed by atoms with Gasteiger partial charge in [0, 0.05) is 12.2 Å². The molecule has 0 bridgehead atoms. The van der Waals surface area contributed by atoms with Crippen molar-refractivity contribution < 1.29 is 9.52 Å². The molecule has 4 nitrogen and oxygen atoms in total. The molecule has 0 aliphatic rings. The summed E-state index contributed by atoms with van der Waals surface area (Å²) >= 11 is 1.59. The Balaban J connectivity index is 1.78. The second kappa shape index (κ2) is 6.56. The van der Waals surface area contributed by atoms with Gasteiger partial charge in [0.05, 0.1) is 11.9 Å². The Morgan fingerprint density at radius 1 is 1.22 bits per heavy atom. The van der Waals surface area contributed by atoms with Gasteiger partial charge in [-0.3, -0.25) is 0 Å². The van der Waals surface area contributed by atoms with Gasteiger partial charge in [-0.05, 0) is 5.56 Å². The molecule has 1 atom stereocenters. The Bertz CT molecular complexity index is 473. The van der Waals surface area contributed by atoms with Crippen molar-refractivity contribution in [2.24, 2.45) is 0 Å². The van der Waals surface area contributed by atoms with Crippen LogP contribution in [0.25, 0.3) is 0 Å². The summed E-state index contributed by atoms with van der Waals surface area (Å²) in [4.78, 5) is 0. The number of nitrogens with zero attached hydrogens (tertiary/aromatic N) is 2. The van der Waals surface area contributed by atoms with Crippen molar-refractivity contribution in [2.45, 2.75) is 25.2 Å². The first kappa shape index (κ1) is 13.1. The molecule has 0 aliphatic carbocycles. The average molecular weight is 264 g/mol. The lowest BCUT2D eigenvalue weighted by Gasteiger charge is -2.09. The number of rotatable bonds is 6. The fourth-order valence-corrected chi connectivity index (χ4v) is 2.34. The third-order valence-corrected chi connectivity index (χ3v) is 3.50. The van der Waals surface area contributed by atoms with Crippen LogP contribution < -0.4 is 0 Å². The molecular formula is C13H16N2O2S. The van der Waals surface area contributed by atoms with Crippen LogP contribution in [0.15, 0.2) is 34.7 Å². The minimum absolute atomic E-state index is 0.454. The summed E-state index contributed by atoms with van der Waals surface area (Å²) in [6.45, 7) is 1.98. The Hall–Kier alpha value is -1.33. The summed E-state index contributed by atoms with van der Waals surface area (Å²) in [5.74, 6) is 2.54. The summed E-state index contributed by atoms with van der Waals surface area (Å²) in [6.07, 6.45) is 0.300. The monoisotopic (exact) mass is 264 g/mol. The van der Waals surface area contributed by atoms with Gasteiger partial charge in [-0.1, -0.05) is 37.3 Å². The van der Waals surface area contributed by atoms with E-state index in [9.17, 15) is 5.11 Å². The largest absolute Gasteiger partial charge is 0.424 e. The van der Waals surface area contributed by atoms with Crippen LogP contribution >= 0.6 is 11.8 Å². The maximum absolute atomic E-state index is 9.96. The van der Waals surface area contributed by atoms with Gasteiger partial charge in [-0.25, -0.2) is 0 Å². The van der Waals surface area contributed by atoms with Crippen LogP contribution in [0.1, 0.15) is 30.4 Å². The first-order valence-corrected chi connectivity index (χ1v) is 7.07. The van der Waals surface area contributed by atoms with Gasteiger partial charge in [-0.2, -0.15) is 0 Å². The quantitative estimate of drug-likeness (QED) is 0.869. The van der Waals surface area contributed by atoms with E-state index in [1.807, 2.05) is 37.3 Å². The average Bonchev–Trinajstić information content (AvgIpc) is 2.87. The Kier molecular flexibility index (Phi) is 4.78. The van der Waals surface area contributed by atoms with Crippen molar-refractivity contribution in [3.8, 4) is 0 Å². The Labute approximate surface area is 110 Å². The molecule has 2 aromatic rings. The molecule has 96 valence electrons. The minimum atomic E-state index is -0.454. The van der Waals surface area contributed by atoms with Crippen molar-refractivity contribution in [3.05, 3.63) is 47.7 Å². The molecule has 18 heavy (non-hydrogen) atoms. The van der Waals surface area contributed by atoms with Gasteiger partial charge in [0.25, 0.3) is 0 Å². The van der Waals surface area contributed by atoms with Crippen LogP contribution in [0.2, 0.25) is 0 Å². The van der Waals surface area contributed by atoms with Gasteiger partial charge in [0.1, 0.15) is 0 Å². The molecule has 1 unspecified atom stereocenters. The van der Waals surface area contributed by atoms with Crippen LogP contribution in [0.3, 0.4) is 0 Å². The summed E-state index contributed by atoms with van der Waals surface area (Å²) in [5.41, 5.74) is 0.935. The summed E-state index contributed by atoms with van der Waals surface area (Å²) in [7, 11) is 0. The lowest BCUT2D eigenvalue weighted by molar-refractivity contribution is 0.204. The van der Waals surface area contributed by atoms with E-state index < -0.39 is 6.10 Å². The van der Waals surface area contributed by atoms with Gasteiger partial charge < -0.3 is 9.52 Å². The number of aromatic nitrogens is 2. The number of thioether (sulfide) groups is 1. The first-order chi connectivity index (χ1) is 8.79. The number of hydrogen-bond acceptors (Lipinski definition) is 5. The van der Waals surface area contributed by atoms with E-state index in [-0.39, 0.29) is 0 Å². The van der Waals surface area contributed by atoms with Crippen molar-refractivity contribution >= 4 is 11.8 Å². The van der Waals surface area contributed by atoms with E-state index in [0.29, 0.717) is 23.3 Å². The van der Waals surface area contributed by atoms with Crippen molar-refractivity contribution in [3.63, 3.8) is 0 Å². The Morgan fingerprint density at radius 2 is 1.94 bits per heavy atom. The molecular weight excluding hydrogens is 248 g/mol. The zero-order valence-corrected chi connectivity index (χ0v) is 11.1. The normalized spacial score (nSPS) is 12.6. The maximum atomic E-state index is 9.96. The summed E-state index contributed by atoms with van der Waals surface area (Å²) in [5, 5.41) is 17.8. The van der Waals surface area contributed by atoms with E-state index in [1.165, 1.54) is 0 Å².